The van der Waals surface area contributed by atoms with Crippen LogP contribution in [0.4, 0.5) is 0 Å². The van der Waals surface area contributed by atoms with Gasteiger partial charge in [0, 0.05) is 6.04 Å². The van der Waals surface area contributed by atoms with Crippen molar-refractivity contribution in [1.29, 1.82) is 0 Å². The van der Waals surface area contributed by atoms with E-state index in [4.69, 9.17) is 9.79 Å². The molecule has 6 heteroatoms. The molecule has 0 aliphatic carbocycles. The molecule has 0 saturated carbocycles. The Kier molecular flexibility index (Phi) is 3.26. The molecule has 12 heavy (non-hydrogen) atoms. The largest absolute Gasteiger partial charge is 0.469 e. The lowest BCUT2D eigenvalue weighted by Crippen LogP contribution is -2.28. The Morgan fingerprint density at radius 2 is 2.33 bits per heavy atom. The van der Waals surface area contributed by atoms with Gasteiger partial charge in [-0.25, -0.2) is 4.57 Å². The van der Waals surface area contributed by atoms with Crippen LogP contribution in [0.15, 0.2) is 0 Å². The lowest BCUT2D eigenvalue weighted by atomic mass is 10.2. The smallest absolute Gasteiger partial charge is 0.303 e. The van der Waals surface area contributed by atoms with Crippen molar-refractivity contribution in [3.05, 3.63) is 0 Å². The van der Waals surface area contributed by atoms with Crippen LogP contribution in [0.3, 0.4) is 0 Å². The molecule has 0 bridgehead atoms. The Balaban J connectivity index is 2.27. The van der Waals surface area contributed by atoms with Gasteiger partial charge in [0.05, 0.1) is 6.61 Å². The second-order valence-corrected chi connectivity index (χ2v) is 4.30. The monoisotopic (exact) mass is 195 g/mol. The third kappa shape index (κ3) is 3.21. The summed E-state index contributed by atoms with van der Waals surface area (Å²) in [5, 5.41) is 0. The molecule has 1 unspecified atom stereocenters. The number of hydrogen-bond donors (Lipinski definition) is 2. The SMILES string of the molecule is CN1CCCC1COP(=O)(O)O. The summed E-state index contributed by atoms with van der Waals surface area (Å²) >= 11 is 0. The van der Waals surface area contributed by atoms with Crippen molar-refractivity contribution in [3.8, 4) is 0 Å². The fourth-order valence-electron chi connectivity index (χ4n) is 1.37. The van der Waals surface area contributed by atoms with Gasteiger partial charge >= 0.3 is 7.82 Å². The van der Waals surface area contributed by atoms with Gasteiger partial charge in [0.15, 0.2) is 0 Å². The Morgan fingerprint density at radius 1 is 1.67 bits per heavy atom. The van der Waals surface area contributed by atoms with E-state index in [1.807, 2.05) is 7.05 Å². The second-order valence-electron chi connectivity index (χ2n) is 3.06. The first-order valence-electron chi connectivity index (χ1n) is 3.89. The summed E-state index contributed by atoms with van der Waals surface area (Å²) in [6.45, 7) is 1.11. The normalized spacial score (nSPS) is 26.4. The highest BCUT2D eigenvalue weighted by atomic mass is 31.2. The third-order valence-electron chi connectivity index (χ3n) is 2.11. The van der Waals surface area contributed by atoms with E-state index in [9.17, 15) is 4.57 Å². The maximum absolute atomic E-state index is 10.3. The minimum atomic E-state index is -4.27. The van der Waals surface area contributed by atoms with Gasteiger partial charge < -0.3 is 14.7 Å². The van der Waals surface area contributed by atoms with E-state index in [0.717, 1.165) is 19.4 Å². The van der Waals surface area contributed by atoms with Crippen LogP contribution in [0.25, 0.3) is 0 Å². The van der Waals surface area contributed by atoms with E-state index in [1.165, 1.54) is 0 Å². The molecule has 1 heterocycles. The standard InChI is InChI=1S/C6H14NO4P/c1-7-4-2-3-6(7)5-11-12(8,9)10/h6H,2-5H2,1H3,(H2,8,9,10). The molecule has 0 aromatic heterocycles. The van der Waals surface area contributed by atoms with Crippen molar-refractivity contribution in [1.82, 2.24) is 4.90 Å². The molecule has 2 N–H and O–H groups in total. The maximum Gasteiger partial charge on any atom is 0.469 e. The molecule has 0 amide bonds. The zero-order valence-corrected chi connectivity index (χ0v) is 7.91. The Bertz CT molecular complexity index is 192. The van der Waals surface area contributed by atoms with Crippen LogP contribution in [0, 0.1) is 0 Å². The number of likely N-dealkylation sites (N-methyl/N-ethyl adjacent to an activating group) is 1. The van der Waals surface area contributed by atoms with Crippen LogP contribution in [0.5, 0.6) is 0 Å². The van der Waals surface area contributed by atoms with Crippen molar-refractivity contribution < 1.29 is 18.9 Å². The first-order valence-corrected chi connectivity index (χ1v) is 5.42. The average molecular weight is 195 g/mol. The van der Waals surface area contributed by atoms with Gasteiger partial charge in [0.2, 0.25) is 0 Å². The molecule has 0 radical (unpaired) electrons. The molecule has 0 aromatic rings. The van der Waals surface area contributed by atoms with Crippen LogP contribution >= 0.6 is 7.82 Å². The van der Waals surface area contributed by atoms with Gasteiger partial charge in [0.1, 0.15) is 0 Å². The molecule has 0 spiro atoms. The molecular formula is C6H14NO4P. The van der Waals surface area contributed by atoms with Crippen LogP contribution < -0.4 is 0 Å². The molecular weight excluding hydrogens is 181 g/mol. The van der Waals surface area contributed by atoms with E-state index in [1.54, 1.807) is 0 Å². The summed E-state index contributed by atoms with van der Waals surface area (Å²) in [6, 6.07) is 0.164. The third-order valence-corrected chi connectivity index (χ3v) is 2.59. The zero-order valence-electron chi connectivity index (χ0n) is 7.01. The van der Waals surface area contributed by atoms with Crippen molar-refractivity contribution >= 4 is 7.82 Å². The molecule has 1 saturated heterocycles. The van der Waals surface area contributed by atoms with Crippen LogP contribution in [0.2, 0.25) is 0 Å². The number of phosphoric ester groups is 1. The number of rotatable bonds is 3. The van der Waals surface area contributed by atoms with Gasteiger partial charge in [-0.2, -0.15) is 0 Å². The molecule has 1 atom stereocenters. The molecule has 72 valence electrons. The summed E-state index contributed by atoms with van der Waals surface area (Å²) in [5.41, 5.74) is 0. The van der Waals surface area contributed by atoms with E-state index < -0.39 is 7.82 Å². The second kappa shape index (κ2) is 3.85. The van der Waals surface area contributed by atoms with Crippen molar-refractivity contribution in [3.63, 3.8) is 0 Å². The van der Waals surface area contributed by atoms with E-state index in [2.05, 4.69) is 9.42 Å². The average Bonchev–Trinajstić information content (AvgIpc) is 2.29. The molecule has 0 aromatic carbocycles. The summed E-state index contributed by atoms with van der Waals surface area (Å²) in [5.74, 6) is 0. The summed E-state index contributed by atoms with van der Waals surface area (Å²) < 4.78 is 14.8. The first kappa shape index (κ1) is 10.2. The first-order chi connectivity index (χ1) is 5.49. The van der Waals surface area contributed by atoms with Gasteiger partial charge in [-0.3, -0.25) is 4.52 Å². The van der Waals surface area contributed by atoms with Gasteiger partial charge in [-0.1, -0.05) is 0 Å². The molecule has 1 aliphatic heterocycles. The van der Waals surface area contributed by atoms with E-state index in [0.29, 0.717) is 0 Å². The Morgan fingerprint density at radius 3 is 2.75 bits per heavy atom. The van der Waals surface area contributed by atoms with Crippen LogP contribution in [0.1, 0.15) is 12.8 Å². The highest BCUT2D eigenvalue weighted by Crippen LogP contribution is 2.36. The van der Waals surface area contributed by atoms with Crippen LogP contribution in [-0.4, -0.2) is 40.9 Å². The molecule has 1 aliphatic rings. The topological polar surface area (TPSA) is 70.0 Å². The van der Waals surface area contributed by atoms with Crippen molar-refractivity contribution in [2.24, 2.45) is 0 Å². The zero-order chi connectivity index (χ0) is 9.19. The fourth-order valence-corrected chi connectivity index (χ4v) is 1.74. The highest BCUT2D eigenvalue weighted by Gasteiger charge is 2.24. The Labute approximate surface area is 71.6 Å². The van der Waals surface area contributed by atoms with E-state index >= 15 is 0 Å². The fraction of sp³-hybridized carbons (Fsp3) is 1.00. The quantitative estimate of drug-likeness (QED) is 0.629. The Hall–Kier alpha value is 0.0700. The number of phosphoric acid groups is 1. The predicted octanol–water partition coefficient (Wildman–Crippen LogP) is 0.190. The number of likely N-dealkylation sites (tertiary alicyclic amines) is 1. The van der Waals surface area contributed by atoms with Crippen LogP contribution in [-0.2, 0) is 9.09 Å². The van der Waals surface area contributed by atoms with Gasteiger partial charge in [-0.15, -0.1) is 0 Å². The van der Waals surface area contributed by atoms with Crippen molar-refractivity contribution in [2.45, 2.75) is 18.9 Å². The summed E-state index contributed by atoms with van der Waals surface area (Å²) in [4.78, 5) is 18.9. The van der Waals surface area contributed by atoms with Crippen molar-refractivity contribution in [2.75, 3.05) is 20.2 Å². The summed E-state index contributed by atoms with van der Waals surface area (Å²) in [7, 11) is -2.34. The van der Waals surface area contributed by atoms with Gasteiger partial charge in [0.25, 0.3) is 0 Å². The lowest BCUT2D eigenvalue weighted by Gasteiger charge is -2.18. The van der Waals surface area contributed by atoms with Gasteiger partial charge in [-0.05, 0) is 26.4 Å². The number of nitrogens with zero attached hydrogens (tertiary/aromatic N) is 1. The predicted molar refractivity (Wildman–Crippen MR) is 43.6 cm³/mol. The lowest BCUT2D eigenvalue weighted by molar-refractivity contribution is 0.147. The number of hydrogen-bond acceptors (Lipinski definition) is 3. The molecule has 5 nitrogen and oxygen atoms in total. The minimum absolute atomic E-state index is 0.126. The maximum atomic E-state index is 10.3. The molecule has 1 fully saturated rings. The summed E-state index contributed by atoms with van der Waals surface area (Å²) in [6.07, 6.45) is 2.03. The highest BCUT2D eigenvalue weighted by molar-refractivity contribution is 7.46. The molecule has 1 rings (SSSR count). The van der Waals surface area contributed by atoms with E-state index in [-0.39, 0.29) is 12.6 Å². The minimum Gasteiger partial charge on any atom is -0.303 e.